The molecule has 0 aliphatic heterocycles. The van der Waals surface area contributed by atoms with Gasteiger partial charge in [-0.2, -0.15) is 0 Å². The molecule has 0 bridgehead atoms. The maximum Gasteiger partial charge on any atom is 0.284 e. The average Bonchev–Trinajstić information content (AvgIpc) is 2.10. The van der Waals surface area contributed by atoms with E-state index in [1.54, 1.807) is 41.5 Å². The standard InChI is InChI=1S/C7H15B2O2.C6H14O2/c1-6(2,10)7(3,4)11-9-5-8;1-5(2,7)6(3,4)8/h10H,5H2,1-4H3;7-8H,1-4H3. The minimum atomic E-state index is -1.01. The molecule has 3 N–H and O–H groups in total. The van der Waals surface area contributed by atoms with Gasteiger partial charge in [-0.05, 0) is 55.4 Å². The Morgan fingerprint density at radius 1 is 0.789 bits per heavy atom. The van der Waals surface area contributed by atoms with Crippen molar-refractivity contribution in [3.63, 3.8) is 0 Å². The van der Waals surface area contributed by atoms with E-state index in [1.165, 1.54) is 7.48 Å². The minimum absolute atomic E-state index is 0.361. The number of hydrogen-bond acceptors (Lipinski definition) is 4. The first-order valence-corrected chi connectivity index (χ1v) is 6.43. The van der Waals surface area contributed by atoms with Gasteiger partial charge in [-0.15, -0.1) is 0 Å². The van der Waals surface area contributed by atoms with E-state index in [0.29, 0.717) is 6.22 Å². The molecule has 19 heavy (non-hydrogen) atoms. The van der Waals surface area contributed by atoms with Gasteiger partial charge in [0.1, 0.15) is 0 Å². The smallest absolute Gasteiger partial charge is 0.284 e. The first kappa shape index (κ1) is 21.3. The van der Waals surface area contributed by atoms with Crippen molar-refractivity contribution >= 4 is 15.3 Å². The Bertz CT molecular complexity index is 235. The summed E-state index contributed by atoms with van der Waals surface area (Å²) in [6.07, 6.45) is 0.361. The molecule has 0 spiro atoms. The molecule has 0 amide bonds. The van der Waals surface area contributed by atoms with E-state index in [-0.39, 0.29) is 0 Å². The lowest BCUT2D eigenvalue weighted by molar-refractivity contribution is -0.107. The van der Waals surface area contributed by atoms with Crippen molar-refractivity contribution in [2.24, 2.45) is 0 Å². The van der Waals surface area contributed by atoms with Crippen LogP contribution in [0.15, 0.2) is 0 Å². The van der Waals surface area contributed by atoms with Crippen LogP contribution >= 0.6 is 0 Å². The lowest BCUT2D eigenvalue weighted by Gasteiger charge is -2.37. The van der Waals surface area contributed by atoms with Crippen LogP contribution in [-0.2, 0) is 4.65 Å². The molecule has 0 heterocycles. The van der Waals surface area contributed by atoms with Gasteiger partial charge in [-0.1, -0.05) is 6.22 Å². The van der Waals surface area contributed by atoms with E-state index in [4.69, 9.17) is 22.7 Å². The number of aliphatic hydroxyl groups is 3. The van der Waals surface area contributed by atoms with Gasteiger partial charge in [-0.25, -0.2) is 0 Å². The summed E-state index contributed by atoms with van der Waals surface area (Å²) in [5.74, 6) is 0. The summed E-state index contributed by atoms with van der Waals surface area (Å²) in [5, 5.41) is 27.8. The molecule has 4 nitrogen and oxygen atoms in total. The lowest BCUT2D eigenvalue weighted by atomic mass is 9.78. The van der Waals surface area contributed by atoms with Crippen molar-refractivity contribution in [2.75, 3.05) is 0 Å². The first-order chi connectivity index (χ1) is 8.06. The second kappa shape index (κ2) is 7.11. The van der Waals surface area contributed by atoms with Gasteiger partial charge in [0.15, 0.2) is 0 Å². The zero-order valence-corrected chi connectivity index (χ0v) is 13.6. The second-order valence-corrected chi connectivity index (χ2v) is 6.71. The van der Waals surface area contributed by atoms with Crippen LogP contribution in [0, 0.1) is 0 Å². The molecule has 6 heteroatoms. The molecule has 0 aromatic heterocycles. The van der Waals surface area contributed by atoms with Gasteiger partial charge in [0.25, 0.3) is 7.48 Å². The van der Waals surface area contributed by atoms with Crippen LogP contribution < -0.4 is 0 Å². The van der Waals surface area contributed by atoms with Crippen molar-refractivity contribution in [2.45, 2.75) is 84.0 Å². The summed E-state index contributed by atoms with van der Waals surface area (Å²) in [6.45, 7) is 13.4. The van der Waals surface area contributed by atoms with Crippen molar-refractivity contribution < 1.29 is 20.0 Å². The van der Waals surface area contributed by atoms with Gasteiger partial charge in [0.05, 0.1) is 30.3 Å². The molecule has 0 unspecified atom stereocenters. The fraction of sp³-hybridized carbons (Fsp3) is 1.00. The van der Waals surface area contributed by atoms with Gasteiger partial charge in [0, 0.05) is 0 Å². The molecule has 0 atom stereocenters. The summed E-state index contributed by atoms with van der Waals surface area (Å²) < 4.78 is 5.24. The Morgan fingerprint density at radius 3 is 1.26 bits per heavy atom. The highest BCUT2D eigenvalue weighted by Crippen LogP contribution is 2.24. The summed E-state index contributed by atoms with van der Waals surface area (Å²) in [4.78, 5) is 0. The average molecular weight is 271 g/mol. The molecule has 0 aliphatic carbocycles. The second-order valence-electron chi connectivity index (χ2n) is 6.71. The summed E-state index contributed by atoms with van der Waals surface area (Å²) >= 11 is 0. The van der Waals surface area contributed by atoms with E-state index in [0.717, 1.165) is 0 Å². The van der Waals surface area contributed by atoms with E-state index in [1.807, 2.05) is 13.8 Å². The number of rotatable bonds is 5. The molecule has 3 radical (unpaired) electrons. The van der Waals surface area contributed by atoms with Crippen molar-refractivity contribution in [1.82, 2.24) is 0 Å². The highest BCUT2D eigenvalue weighted by molar-refractivity contribution is 6.41. The normalized spacial score (nSPS) is 13.6. The quantitative estimate of drug-likeness (QED) is 0.658. The van der Waals surface area contributed by atoms with Crippen molar-refractivity contribution in [1.29, 1.82) is 0 Å². The topological polar surface area (TPSA) is 69.9 Å². The minimum Gasteiger partial charge on any atom is -0.434 e. The maximum atomic E-state index is 9.59. The molecule has 0 fully saturated rings. The van der Waals surface area contributed by atoms with E-state index < -0.39 is 22.4 Å². The highest BCUT2D eigenvalue weighted by Gasteiger charge is 2.35. The Kier molecular flexibility index (Phi) is 7.97. The third-order valence-corrected chi connectivity index (χ3v) is 3.44. The van der Waals surface area contributed by atoms with Crippen LogP contribution in [0.3, 0.4) is 0 Å². The zero-order valence-electron chi connectivity index (χ0n) is 13.6. The van der Waals surface area contributed by atoms with Gasteiger partial charge < -0.3 is 20.0 Å². The molecule has 0 saturated carbocycles. The Labute approximate surface area is 120 Å². The van der Waals surface area contributed by atoms with E-state index in [9.17, 15) is 5.11 Å². The van der Waals surface area contributed by atoms with E-state index >= 15 is 0 Å². The molecular weight excluding hydrogens is 242 g/mol. The van der Waals surface area contributed by atoms with Crippen molar-refractivity contribution in [3.8, 4) is 0 Å². The van der Waals surface area contributed by atoms with E-state index in [2.05, 4.69) is 0 Å². The predicted octanol–water partition coefficient (Wildman–Crippen LogP) is 1.24. The maximum absolute atomic E-state index is 9.59. The lowest BCUT2D eigenvalue weighted by Crippen LogP contribution is -2.47. The largest absolute Gasteiger partial charge is 0.434 e. The third kappa shape index (κ3) is 8.69. The predicted molar refractivity (Wildman–Crippen MR) is 80.4 cm³/mol. The molecule has 0 aromatic rings. The summed E-state index contributed by atoms with van der Waals surface area (Å²) in [7, 11) is 6.71. The summed E-state index contributed by atoms with van der Waals surface area (Å²) in [5.41, 5.74) is -3.47. The Morgan fingerprint density at radius 2 is 1.11 bits per heavy atom. The van der Waals surface area contributed by atoms with Gasteiger partial charge in [-0.3, -0.25) is 0 Å². The van der Waals surface area contributed by atoms with Crippen LogP contribution in [-0.4, -0.2) is 53.1 Å². The molecule has 0 aromatic carbocycles. The Hall–Kier alpha value is -0.0301. The molecule has 111 valence electrons. The summed E-state index contributed by atoms with van der Waals surface area (Å²) in [6, 6.07) is 0. The van der Waals surface area contributed by atoms with Crippen LogP contribution in [0.25, 0.3) is 0 Å². The van der Waals surface area contributed by atoms with Crippen molar-refractivity contribution in [3.05, 3.63) is 0 Å². The van der Waals surface area contributed by atoms with Crippen LogP contribution in [0.4, 0.5) is 0 Å². The Balaban J connectivity index is 0. The fourth-order valence-electron chi connectivity index (χ4n) is 0.401. The third-order valence-electron chi connectivity index (χ3n) is 3.44. The van der Waals surface area contributed by atoms with Crippen LogP contribution in [0.5, 0.6) is 0 Å². The first-order valence-electron chi connectivity index (χ1n) is 6.43. The molecular formula is C13H29B2O4. The highest BCUT2D eigenvalue weighted by atomic mass is 16.5. The van der Waals surface area contributed by atoms with Crippen LogP contribution in [0.2, 0.25) is 6.22 Å². The molecule has 0 rings (SSSR count). The fourth-order valence-corrected chi connectivity index (χ4v) is 0.401. The SMILES string of the molecule is CC(C)(O)C(C)(C)O.[B]C[B]OC(C)(C)C(C)(C)O. The van der Waals surface area contributed by atoms with Gasteiger partial charge in [0.2, 0.25) is 0 Å². The van der Waals surface area contributed by atoms with Gasteiger partial charge >= 0.3 is 0 Å². The monoisotopic (exact) mass is 271 g/mol. The number of hydrogen-bond donors (Lipinski definition) is 3. The zero-order chi connectivity index (χ0) is 16.1. The van der Waals surface area contributed by atoms with Crippen LogP contribution in [0.1, 0.15) is 55.4 Å². The molecule has 0 aliphatic rings. The molecule has 0 saturated heterocycles.